The summed E-state index contributed by atoms with van der Waals surface area (Å²) >= 11 is 0. The van der Waals surface area contributed by atoms with Crippen LogP contribution in [0.5, 0.6) is 5.75 Å². The van der Waals surface area contributed by atoms with E-state index in [-0.39, 0.29) is 10.9 Å². The summed E-state index contributed by atoms with van der Waals surface area (Å²) < 4.78 is 5.30. The van der Waals surface area contributed by atoms with Gasteiger partial charge in [-0.05, 0) is 24.6 Å². The minimum Gasteiger partial charge on any atom is -0.497 e. The average Bonchev–Trinajstić information content (AvgIpc) is 2.72. The number of piperazine rings is 1. The van der Waals surface area contributed by atoms with Crippen molar-refractivity contribution in [3.63, 3.8) is 0 Å². The second-order valence-corrected chi connectivity index (χ2v) is 6.92. The monoisotopic (exact) mass is 362 g/mol. The van der Waals surface area contributed by atoms with Gasteiger partial charge < -0.3 is 14.5 Å². The molecular weight excluding hydrogens is 340 g/mol. The summed E-state index contributed by atoms with van der Waals surface area (Å²) in [6.45, 7) is 5.01. The van der Waals surface area contributed by atoms with E-state index in [1.807, 2.05) is 49.4 Å². The fraction of sp³-hybridized carbons (Fsp3) is 0.273. The molecule has 0 atom stereocenters. The van der Waals surface area contributed by atoms with Gasteiger partial charge in [0.05, 0.1) is 12.7 Å². The first kappa shape index (κ1) is 17.3. The van der Waals surface area contributed by atoms with Crippen LogP contribution in [0.4, 0.5) is 11.4 Å². The van der Waals surface area contributed by atoms with Crippen molar-refractivity contribution in [2.75, 3.05) is 43.1 Å². The number of benzene rings is 2. The van der Waals surface area contributed by atoms with Crippen molar-refractivity contribution >= 4 is 11.4 Å². The molecule has 0 N–H and O–H groups in total. The molecule has 3 aromatic carbocycles. The van der Waals surface area contributed by atoms with Crippen molar-refractivity contribution in [3.8, 4) is 16.9 Å². The fourth-order valence-corrected chi connectivity index (χ4v) is 3.66. The summed E-state index contributed by atoms with van der Waals surface area (Å²) in [5.74, 6) is 0.832. The molecule has 0 unspecified atom stereocenters. The fourth-order valence-electron chi connectivity index (χ4n) is 3.66. The molecule has 1 aliphatic rings. The summed E-state index contributed by atoms with van der Waals surface area (Å²) in [4.78, 5) is 28.8. The number of ether oxygens (including phenoxy) is 1. The standard InChI is InChI=1S/C22H22N2O3/c1-15-6-8-16(9-7-15)19-20(22(26)21(19)25)24-12-10-23(11-13-24)17-4-3-5-18(14-17)27-2/h3-9,14H,10-13H2,1-2H3. The quantitative estimate of drug-likeness (QED) is 0.668. The largest absolute Gasteiger partial charge is 0.497 e. The molecule has 138 valence electrons. The van der Waals surface area contributed by atoms with Crippen LogP contribution in [0.25, 0.3) is 11.1 Å². The van der Waals surface area contributed by atoms with Crippen LogP contribution in [-0.4, -0.2) is 33.3 Å². The first-order chi connectivity index (χ1) is 13.1. The number of nitrogens with zero attached hydrogens (tertiary/aromatic N) is 2. The molecule has 5 nitrogen and oxygen atoms in total. The topological polar surface area (TPSA) is 49.9 Å². The van der Waals surface area contributed by atoms with E-state index in [1.165, 1.54) is 0 Å². The molecule has 1 fully saturated rings. The third kappa shape index (κ3) is 3.10. The molecule has 0 amide bonds. The predicted octanol–water partition coefficient (Wildman–Crippen LogP) is 2.59. The highest BCUT2D eigenvalue weighted by Crippen LogP contribution is 2.29. The minimum absolute atomic E-state index is 0.361. The van der Waals surface area contributed by atoms with E-state index in [0.717, 1.165) is 35.7 Å². The van der Waals surface area contributed by atoms with E-state index in [9.17, 15) is 9.59 Å². The zero-order chi connectivity index (χ0) is 19.0. The van der Waals surface area contributed by atoms with Crippen molar-refractivity contribution in [2.24, 2.45) is 0 Å². The Kier molecular flexibility index (Phi) is 4.44. The second kappa shape index (κ2) is 6.91. The summed E-state index contributed by atoms with van der Waals surface area (Å²) in [6, 6.07) is 15.8. The number of hydrogen-bond donors (Lipinski definition) is 0. The number of aryl methyl sites for hydroxylation is 1. The smallest absolute Gasteiger partial charge is 0.250 e. The summed E-state index contributed by atoms with van der Waals surface area (Å²) in [6.07, 6.45) is 0. The van der Waals surface area contributed by atoms with Gasteiger partial charge in [0.25, 0.3) is 0 Å². The molecule has 5 heteroatoms. The first-order valence-electron chi connectivity index (χ1n) is 9.13. The molecular formula is C22H22N2O3. The molecule has 0 spiro atoms. The van der Waals surface area contributed by atoms with Crippen molar-refractivity contribution in [3.05, 3.63) is 74.5 Å². The van der Waals surface area contributed by atoms with Gasteiger partial charge in [0.1, 0.15) is 11.4 Å². The third-order valence-corrected chi connectivity index (χ3v) is 5.24. The van der Waals surface area contributed by atoms with Crippen LogP contribution < -0.4 is 25.4 Å². The Hall–Kier alpha value is -3.08. The van der Waals surface area contributed by atoms with Crippen LogP contribution in [0.1, 0.15) is 5.56 Å². The van der Waals surface area contributed by atoms with E-state index >= 15 is 0 Å². The molecule has 27 heavy (non-hydrogen) atoms. The summed E-state index contributed by atoms with van der Waals surface area (Å²) in [5, 5.41) is 0. The van der Waals surface area contributed by atoms with Gasteiger partial charge in [-0.3, -0.25) is 9.59 Å². The maximum absolute atomic E-state index is 12.3. The van der Waals surface area contributed by atoms with Gasteiger partial charge >= 0.3 is 0 Å². The molecule has 1 saturated heterocycles. The van der Waals surface area contributed by atoms with Crippen LogP contribution in [0.15, 0.2) is 58.1 Å². The number of hydrogen-bond acceptors (Lipinski definition) is 5. The van der Waals surface area contributed by atoms with Gasteiger partial charge in [-0.2, -0.15) is 0 Å². The molecule has 1 heterocycles. The predicted molar refractivity (Wildman–Crippen MR) is 109 cm³/mol. The molecule has 4 rings (SSSR count). The van der Waals surface area contributed by atoms with Gasteiger partial charge in [-0.15, -0.1) is 0 Å². The lowest BCUT2D eigenvalue weighted by molar-refractivity contribution is 0.414. The lowest BCUT2D eigenvalue weighted by Gasteiger charge is -2.38. The van der Waals surface area contributed by atoms with Gasteiger partial charge in [0.2, 0.25) is 10.9 Å². The van der Waals surface area contributed by atoms with Crippen molar-refractivity contribution in [1.29, 1.82) is 0 Å². The first-order valence-corrected chi connectivity index (χ1v) is 9.13. The molecule has 0 aromatic heterocycles. The van der Waals surface area contributed by atoms with E-state index < -0.39 is 0 Å². The van der Waals surface area contributed by atoms with Gasteiger partial charge in [0, 0.05) is 37.9 Å². The van der Waals surface area contributed by atoms with Crippen LogP contribution in [0.2, 0.25) is 0 Å². The number of methoxy groups -OCH3 is 1. The summed E-state index contributed by atoms with van der Waals surface area (Å²) in [7, 11) is 1.66. The SMILES string of the molecule is COc1cccc(N2CCN(c3c(-c4ccc(C)cc4)c(=O)c3=O)CC2)c1. The Morgan fingerprint density at radius 3 is 2.19 bits per heavy atom. The normalized spacial score (nSPS) is 14.6. The van der Waals surface area contributed by atoms with Crippen molar-refractivity contribution in [2.45, 2.75) is 6.92 Å². The Morgan fingerprint density at radius 2 is 1.52 bits per heavy atom. The zero-order valence-electron chi connectivity index (χ0n) is 15.6. The highest BCUT2D eigenvalue weighted by molar-refractivity contribution is 5.83. The average molecular weight is 362 g/mol. The maximum Gasteiger partial charge on any atom is 0.250 e. The van der Waals surface area contributed by atoms with Gasteiger partial charge in [-0.1, -0.05) is 35.9 Å². The highest BCUT2D eigenvalue weighted by Gasteiger charge is 2.29. The van der Waals surface area contributed by atoms with Crippen LogP contribution in [-0.2, 0) is 0 Å². The number of anilines is 2. The molecule has 1 aliphatic heterocycles. The molecule has 3 aromatic rings. The second-order valence-electron chi connectivity index (χ2n) is 6.92. The van der Waals surface area contributed by atoms with E-state index in [4.69, 9.17) is 4.74 Å². The molecule has 0 bridgehead atoms. The van der Waals surface area contributed by atoms with E-state index in [1.54, 1.807) is 7.11 Å². The Morgan fingerprint density at radius 1 is 0.852 bits per heavy atom. The minimum atomic E-state index is -0.371. The Labute approximate surface area is 158 Å². The van der Waals surface area contributed by atoms with Crippen LogP contribution in [0.3, 0.4) is 0 Å². The lowest BCUT2D eigenvalue weighted by Crippen LogP contribution is -2.51. The Bertz CT molecular complexity index is 1020. The van der Waals surface area contributed by atoms with Gasteiger partial charge in [-0.25, -0.2) is 0 Å². The van der Waals surface area contributed by atoms with Crippen LogP contribution >= 0.6 is 0 Å². The lowest BCUT2D eigenvalue weighted by atomic mass is 9.96. The zero-order valence-corrected chi connectivity index (χ0v) is 15.6. The van der Waals surface area contributed by atoms with Crippen molar-refractivity contribution in [1.82, 2.24) is 0 Å². The third-order valence-electron chi connectivity index (χ3n) is 5.24. The maximum atomic E-state index is 12.3. The van der Waals surface area contributed by atoms with E-state index in [2.05, 4.69) is 15.9 Å². The van der Waals surface area contributed by atoms with Crippen LogP contribution in [0, 0.1) is 6.92 Å². The highest BCUT2D eigenvalue weighted by atomic mass is 16.5. The van der Waals surface area contributed by atoms with Gasteiger partial charge in [0.15, 0.2) is 0 Å². The van der Waals surface area contributed by atoms with Crippen molar-refractivity contribution < 1.29 is 4.74 Å². The molecule has 0 radical (unpaired) electrons. The number of rotatable bonds is 4. The molecule has 0 saturated carbocycles. The molecule has 0 aliphatic carbocycles. The van der Waals surface area contributed by atoms with E-state index in [0.29, 0.717) is 24.3 Å². The summed E-state index contributed by atoms with van der Waals surface area (Å²) in [5.41, 5.74) is 3.48. The Balaban J connectivity index is 1.54.